The molecule has 256 valence electrons. The number of β-lactam (4-membered cyclic amide) rings is 1. The monoisotopic (exact) mass is 694 g/mol. The predicted molar refractivity (Wildman–Crippen MR) is 172 cm³/mol. The lowest BCUT2D eigenvalue weighted by molar-refractivity contribution is -0.218. The predicted octanol–water partition coefficient (Wildman–Crippen LogP) is -0.374. The number of nitrogens with zero attached hydrogens (tertiary/aromatic N) is 5. The van der Waals surface area contributed by atoms with E-state index in [2.05, 4.69) is 25.1 Å². The molecule has 1 aromatic carbocycles. The van der Waals surface area contributed by atoms with Gasteiger partial charge in [-0.3, -0.25) is 18.8 Å². The third-order valence-corrected chi connectivity index (χ3v) is 7.93. The SMILES string of the molecule is CC1(C)C(NC(=O)/C(=N\OCCOc2ccc(-c3cc(CNCCN)n(CCCN)n3)cc2)c2csc(N)n2)C(=O)N1OS(=O)(=O)O. The van der Waals surface area contributed by atoms with Crippen LogP contribution in [-0.2, 0) is 42.2 Å². The molecule has 1 unspecified atom stereocenters. The topological polar surface area (TPSA) is 265 Å². The molecule has 1 aliphatic heterocycles. The van der Waals surface area contributed by atoms with E-state index in [4.69, 9.17) is 36.4 Å². The number of hydrogen-bond acceptors (Lipinski definition) is 15. The Kier molecular flexibility index (Phi) is 11.8. The second-order valence-electron chi connectivity index (χ2n) is 10.8. The second-order valence-corrected chi connectivity index (χ2v) is 12.7. The number of ether oxygens (including phenoxy) is 1. The lowest BCUT2D eigenvalue weighted by atomic mass is 9.84. The minimum atomic E-state index is -4.96. The highest BCUT2D eigenvalue weighted by Crippen LogP contribution is 2.33. The maximum absolute atomic E-state index is 13.1. The summed E-state index contributed by atoms with van der Waals surface area (Å²) in [4.78, 5) is 35.0. The summed E-state index contributed by atoms with van der Waals surface area (Å²) in [5, 5.41) is 16.5. The second kappa shape index (κ2) is 15.6. The molecule has 1 saturated heterocycles. The summed E-state index contributed by atoms with van der Waals surface area (Å²) in [5.74, 6) is -1.17. The minimum absolute atomic E-state index is 0.0489. The van der Waals surface area contributed by atoms with Gasteiger partial charge in [0.05, 0.1) is 16.9 Å². The Morgan fingerprint density at radius 1 is 1.19 bits per heavy atom. The van der Waals surface area contributed by atoms with E-state index in [0.29, 0.717) is 43.5 Å². The van der Waals surface area contributed by atoms with Crippen LogP contribution in [0.4, 0.5) is 5.13 Å². The third kappa shape index (κ3) is 9.22. The number of thiazole rings is 1. The van der Waals surface area contributed by atoms with Gasteiger partial charge < -0.3 is 37.4 Å². The molecule has 0 radical (unpaired) electrons. The highest BCUT2D eigenvalue weighted by atomic mass is 32.3. The zero-order chi connectivity index (χ0) is 34.2. The van der Waals surface area contributed by atoms with Crippen molar-refractivity contribution in [2.45, 2.75) is 44.9 Å². The van der Waals surface area contributed by atoms with Crippen LogP contribution in [0.3, 0.4) is 0 Å². The number of amides is 2. The first-order valence-electron chi connectivity index (χ1n) is 14.5. The summed E-state index contributed by atoms with van der Waals surface area (Å²) in [6, 6.07) is 8.20. The maximum atomic E-state index is 13.1. The summed E-state index contributed by atoms with van der Waals surface area (Å²) in [6.07, 6.45) is 0.806. The van der Waals surface area contributed by atoms with Crippen LogP contribution in [0.1, 0.15) is 31.7 Å². The highest BCUT2D eigenvalue weighted by molar-refractivity contribution is 7.80. The van der Waals surface area contributed by atoms with Gasteiger partial charge in [-0.05, 0) is 57.1 Å². The van der Waals surface area contributed by atoms with Crippen molar-refractivity contribution in [1.29, 1.82) is 0 Å². The van der Waals surface area contributed by atoms with Gasteiger partial charge in [0.2, 0.25) is 0 Å². The van der Waals surface area contributed by atoms with Crippen LogP contribution < -0.4 is 32.6 Å². The average Bonchev–Trinajstić information content (AvgIpc) is 3.64. The van der Waals surface area contributed by atoms with E-state index in [1.54, 1.807) is 12.1 Å². The van der Waals surface area contributed by atoms with E-state index in [9.17, 15) is 18.0 Å². The van der Waals surface area contributed by atoms with Crippen LogP contribution in [0.2, 0.25) is 0 Å². The Morgan fingerprint density at radius 2 is 1.94 bits per heavy atom. The van der Waals surface area contributed by atoms with Gasteiger partial charge in [0.15, 0.2) is 17.5 Å². The van der Waals surface area contributed by atoms with Crippen LogP contribution >= 0.6 is 11.3 Å². The number of nitrogens with one attached hydrogen (secondary N) is 2. The number of nitrogen functional groups attached to an aromatic ring is 1. The van der Waals surface area contributed by atoms with Gasteiger partial charge in [-0.25, -0.2) is 4.98 Å². The fourth-order valence-corrected chi connectivity index (χ4v) is 5.54. The van der Waals surface area contributed by atoms with Gasteiger partial charge in [-0.2, -0.15) is 18.6 Å². The minimum Gasteiger partial charge on any atom is -0.490 e. The summed E-state index contributed by atoms with van der Waals surface area (Å²) in [7, 11) is -4.96. The van der Waals surface area contributed by atoms with E-state index in [1.165, 1.54) is 19.2 Å². The first-order chi connectivity index (χ1) is 22.3. The number of aromatic nitrogens is 3. The lowest BCUT2D eigenvalue weighted by Crippen LogP contribution is -2.76. The third-order valence-electron chi connectivity index (χ3n) is 6.91. The number of oxime groups is 1. The Bertz CT molecular complexity index is 1670. The summed E-state index contributed by atoms with van der Waals surface area (Å²) in [6.45, 7) is 6.04. The molecule has 2 amide bonds. The van der Waals surface area contributed by atoms with Crippen LogP contribution in [0.5, 0.6) is 5.75 Å². The number of anilines is 1. The van der Waals surface area contributed by atoms with Crippen molar-refractivity contribution in [2.75, 3.05) is 38.6 Å². The average molecular weight is 695 g/mol. The molecule has 0 bridgehead atoms. The summed E-state index contributed by atoms with van der Waals surface area (Å²) in [5.41, 5.74) is 18.3. The molecule has 0 aliphatic carbocycles. The van der Waals surface area contributed by atoms with Gasteiger partial charge in [-0.15, -0.1) is 15.6 Å². The molecular weight excluding hydrogens is 656 g/mol. The molecule has 4 rings (SSSR count). The summed E-state index contributed by atoms with van der Waals surface area (Å²) >= 11 is 1.06. The molecule has 3 aromatic rings. The lowest BCUT2D eigenvalue weighted by Gasteiger charge is -2.50. The van der Waals surface area contributed by atoms with E-state index in [-0.39, 0.29) is 29.8 Å². The molecule has 47 heavy (non-hydrogen) atoms. The molecule has 20 heteroatoms. The fourth-order valence-electron chi connectivity index (χ4n) is 4.54. The number of carbonyl (C=O) groups excluding carboxylic acids is 2. The van der Waals surface area contributed by atoms with Crippen LogP contribution in [-0.4, -0.2) is 94.8 Å². The maximum Gasteiger partial charge on any atom is 0.418 e. The number of benzene rings is 1. The highest BCUT2D eigenvalue weighted by Gasteiger charge is 2.58. The molecule has 3 heterocycles. The molecule has 1 aliphatic rings. The van der Waals surface area contributed by atoms with Gasteiger partial charge in [0, 0.05) is 37.1 Å². The standard InChI is InChI=1S/C27H38N10O8S2/c1-27(2)23(25(39)37(27)45-47(40,41)42)33-24(38)22(21-16-46-26(30)32-21)35-44-13-12-43-19-6-4-17(5-7-19)20-14-18(15-31-10-9-29)36(34-20)11-3-8-28/h4-7,14,16,23,31H,3,8-13,15,28-29H2,1-2H3,(H2,30,32)(H,33,38)(H,40,41,42)/b35-22-. The van der Waals surface area contributed by atoms with E-state index < -0.39 is 33.8 Å². The molecule has 2 aromatic heterocycles. The smallest absolute Gasteiger partial charge is 0.418 e. The molecule has 1 fully saturated rings. The van der Waals surface area contributed by atoms with Crippen molar-refractivity contribution >= 4 is 44.4 Å². The quantitative estimate of drug-likeness (QED) is 0.0326. The Morgan fingerprint density at radius 3 is 2.55 bits per heavy atom. The fraction of sp³-hybridized carbons (Fsp3) is 0.444. The van der Waals surface area contributed by atoms with Gasteiger partial charge in [0.25, 0.3) is 11.8 Å². The summed E-state index contributed by atoms with van der Waals surface area (Å²) < 4.78 is 43.1. The van der Waals surface area contributed by atoms with Crippen molar-refractivity contribution in [3.8, 4) is 17.0 Å². The van der Waals surface area contributed by atoms with Crippen LogP contribution in [0, 0.1) is 0 Å². The number of rotatable bonds is 18. The van der Waals surface area contributed by atoms with Gasteiger partial charge in [0.1, 0.15) is 24.1 Å². The van der Waals surface area contributed by atoms with Crippen molar-refractivity contribution in [2.24, 2.45) is 16.6 Å². The number of hydrogen-bond donors (Lipinski definition) is 6. The number of aryl methyl sites for hydroxylation is 1. The normalized spacial score (nSPS) is 16.2. The first-order valence-corrected chi connectivity index (χ1v) is 16.7. The zero-order valence-electron chi connectivity index (χ0n) is 25.8. The van der Waals surface area contributed by atoms with Gasteiger partial charge >= 0.3 is 10.4 Å². The van der Waals surface area contributed by atoms with E-state index in [1.807, 2.05) is 22.9 Å². The first kappa shape index (κ1) is 35.7. The zero-order valence-corrected chi connectivity index (χ0v) is 27.4. The molecule has 18 nitrogen and oxygen atoms in total. The Labute approximate surface area is 275 Å². The van der Waals surface area contributed by atoms with Crippen molar-refractivity contribution in [3.63, 3.8) is 0 Å². The molecule has 9 N–H and O–H groups in total. The number of nitrogens with two attached hydrogens (primary N) is 3. The van der Waals surface area contributed by atoms with Crippen molar-refractivity contribution in [3.05, 3.63) is 47.1 Å². The van der Waals surface area contributed by atoms with Crippen molar-refractivity contribution in [1.82, 2.24) is 30.5 Å². The van der Waals surface area contributed by atoms with E-state index in [0.717, 1.165) is 34.7 Å². The van der Waals surface area contributed by atoms with Crippen LogP contribution in [0.15, 0.2) is 40.9 Å². The molecule has 0 saturated carbocycles. The largest absolute Gasteiger partial charge is 0.490 e. The molecule has 0 spiro atoms. The Balaban J connectivity index is 1.34. The van der Waals surface area contributed by atoms with Gasteiger partial charge in [-0.1, -0.05) is 5.16 Å². The molecular formula is C27H38N10O8S2. The van der Waals surface area contributed by atoms with Crippen LogP contribution in [0.25, 0.3) is 11.3 Å². The van der Waals surface area contributed by atoms with E-state index >= 15 is 0 Å². The van der Waals surface area contributed by atoms with Crippen molar-refractivity contribution < 1.29 is 36.4 Å². The number of carbonyl (C=O) groups is 2. The molecule has 1 atom stereocenters. The Hall–Kier alpha value is -4.18. The number of hydroxylamine groups is 2.